The van der Waals surface area contributed by atoms with E-state index in [1.54, 1.807) is 7.11 Å². The summed E-state index contributed by atoms with van der Waals surface area (Å²) in [5.41, 5.74) is 7.87. The first-order valence-corrected chi connectivity index (χ1v) is 6.67. The third kappa shape index (κ3) is 1.93. The van der Waals surface area contributed by atoms with Gasteiger partial charge in [-0.3, -0.25) is 0 Å². The number of hydrogen-bond donors (Lipinski definition) is 2. The van der Waals surface area contributed by atoms with Gasteiger partial charge in [-0.1, -0.05) is 22.9 Å². The van der Waals surface area contributed by atoms with E-state index in [0.717, 1.165) is 34.9 Å². The van der Waals surface area contributed by atoms with E-state index in [-0.39, 0.29) is 11.2 Å². The van der Waals surface area contributed by atoms with Crippen LogP contribution < -0.4 is 10.5 Å². The van der Waals surface area contributed by atoms with Crippen LogP contribution >= 0.6 is 15.9 Å². The van der Waals surface area contributed by atoms with Crippen LogP contribution in [-0.2, 0) is 11.8 Å². The van der Waals surface area contributed by atoms with Crippen molar-refractivity contribution < 1.29 is 9.84 Å². The Morgan fingerprint density at radius 3 is 2.59 bits per heavy atom. The lowest BCUT2D eigenvalue weighted by atomic mass is 9.92. The minimum Gasteiger partial charge on any atom is -0.504 e. The van der Waals surface area contributed by atoms with Crippen LogP contribution in [0.5, 0.6) is 11.5 Å². The topological polar surface area (TPSA) is 55.5 Å². The van der Waals surface area contributed by atoms with E-state index in [9.17, 15) is 5.11 Å². The third-order valence-corrected chi connectivity index (χ3v) is 4.56. The van der Waals surface area contributed by atoms with Crippen LogP contribution in [0.15, 0.2) is 10.5 Å². The van der Waals surface area contributed by atoms with Gasteiger partial charge < -0.3 is 15.6 Å². The number of benzene rings is 1. The molecule has 94 valence electrons. The molecule has 0 spiro atoms. The van der Waals surface area contributed by atoms with E-state index >= 15 is 0 Å². The molecule has 1 aromatic rings. The van der Waals surface area contributed by atoms with E-state index in [4.69, 9.17) is 10.5 Å². The molecule has 1 aromatic carbocycles. The minimum atomic E-state index is -0.0542. The molecule has 0 saturated heterocycles. The number of ether oxygens (including phenoxy) is 1. The summed E-state index contributed by atoms with van der Waals surface area (Å²) in [5, 5.41) is 10.3. The zero-order chi connectivity index (χ0) is 12.6. The number of aromatic hydroxyl groups is 1. The molecule has 3 N–H and O–H groups in total. The van der Waals surface area contributed by atoms with Crippen molar-refractivity contribution in [1.29, 1.82) is 0 Å². The van der Waals surface area contributed by atoms with E-state index in [0.29, 0.717) is 12.3 Å². The fraction of sp³-hybridized carbons (Fsp3) is 0.538. The largest absolute Gasteiger partial charge is 0.504 e. The molecule has 0 bridgehead atoms. The summed E-state index contributed by atoms with van der Waals surface area (Å²) < 4.78 is 6.23. The van der Waals surface area contributed by atoms with Crippen molar-refractivity contribution in [2.75, 3.05) is 13.7 Å². The zero-order valence-corrected chi connectivity index (χ0v) is 11.8. The zero-order valence-electron chi connectivity index (χ0n) is 10.2. The van der Waals surface area contributed by atoms with Crippen molar-refractivity contribution in [3.05, 3.63) is 21.7 Å². The molecule has 0 atom stereocenters. The van der Waals surface area contributed by atoms with Gasteiger partial charge in [0.15, 0.2) is 11.5 Å². The molecule has 0 aliphatic heterocycles. The molecule has 3 nitrogen and oxygen atoms in total. The summed E-state index contributed by atoms with van der Waals surface area (Å²) in [6.45, 7) is 2.65. The summed E-state index contributed by atoms with van der Waals surface area (Å²) in [4.78, 5) is 0. The quantitative estimate of drug-likeness (QED) is 0.899. The van der Waals surface area contributed by atoms with Crippen LogP contribution in [0.3, 0.4) is 0 Å². The highest BCUT2D eigenvalue weighted by Crippen LogP contribution is 2.55. The lowest BCUT2D eigenvalue weighted by Gasteiger charge is -2.21. The fourth-order valence-electron chi connectivity index (χ4n) is 2.28. The van der Waals surface area contributed by atoms with Crippen molar-refractivity contribution in [2.24, 2.45) is 5.73 Å². The molecular weight excluding hydrogens is 282 g/mol. The Bertz CT molecular complexity index is 413. The fourth-order valence-corrected chi connectivity index (χ4v) is 3.28. The van der Waals surface area contributed by atoms with Gasteiger partial charge in [0.05, 0.1) is 7.11 Å². The summed E-state index contributed by atoms with van der Waals surface area (Å²) in [5.74, 6) is 0.777. The normalized spacial score (nSPS) is 16.9. The number of aryl methyl sites for hydroxylation is 1. The number of halogens is 1. The number of phenolic OH excluding ortho intramolecular Hbond substituents is 1. The second-order valence-electron chi connectivity index (χ2n) is 4.61. The molecule has 0 amide bonds. The number of hydrogen-bond acceptors (Lipinski definition) is 3. The average Bonchev–Trinajstić information content (AvgIpc) is 3.11. The van der Waals surface area contributed by atoms with Gasteiger partial charge >= 0.3 is 0 Å². The van der Waals surface area contributed by atoms with E-state index in [1.165, 1.54) is 0 Å². The minimum absolute atomic E-state index is 0.0542. The summed E-state index contributed by atoms with van der Waals surface area (Å²) in [6, 6.07) is 1.88. The molecule has 2 rings (SSSR count). The van der Waals surface area contributed by atoms with Crippen molar-refractivity contribution in [3.8, 4) is 11.5 Å². The molecule has 1 aliphatic carbocycles. The molecule has 4 heteroatoms. The van der Waals surface area contributed by atoms with Crippen molar-refractivity contribution in [2.45, 2.75) is 31.6 Å². The molecule has 1 fully saturated rings. The smallest absolute Gasteiger partial charge is 0.162 e. The van der Waals surface area contributed by atoms with Crippen molar-refractivity contribution >= 4 is 15.9 Å². The van der Waals surface area contributed by atoms with Gasteiger partial charge in [-0.05, 0) is 30.9 Å². The molecule has 0 radical (unpaired) electrons. The van der Waals surface area contributed by atoms with Crippen molar-refractivity contribution in [1.82, 2.24) is 0 Å². The number of methoxy groups -OCH3 is 1. The second kappa shape index (κ2) is 4.50. The molecule has 17 heavy (non-hydrogen) atoms. The first-order valence-electron chi connectivity index (χ1n) is 5.88. The summed E-state index contributed by atoms with van der Waals surface area (Å²) in [7, 11) is 1.58. The molecule has 1 aliphatic rings. The Morgan fingerprint density at radius 1 is 1.53 bits per heavy atom. The highest BCUT2D eigenvalue weighted by molar-refractivity contribution is 9.10. The standard InChI is InChI=1S/C13H18BrNO2/c1-3-8-6-9(17-2)12(16)10(11(8)14)13(7-15)4-5-13/h6,16H,3-5,7,15H2,1-2H3. The second-order valence-corrected chi connectivity index (χ2v) is 5.41. The summed E-state index contributed by atoms with van der Waals surface area (Å²) in [6.07, 6.45) is 2.96. The molecule has 0 heterocycles. The van der Waals surface area contributed by atoms with Gasteiger partial charge in [-0.2, -0.15) is 0 Å². The number of phenols is 1. The van der Waals surface area contributed by atoms with Gasteiger partial charge in [0, 0.05) is 22.0 Å². The Balaban J connectivity index is 2.63. The SMILES string of the molecule is CCc1cc(OC)c(O)c(C2(CN)CC2)c1Br. The van der Waals surface area contributed by atoms with Crippen LogP contribution in [0, 0.1) is 0 Å². The lowest BCUT2D eigenvalue weighted by Crippen LogP contribution is -2.21. The average molecular weight is 300 g/mol. The van der Waals surface area contributed by atoms with Gasteiger partial charge in [0.2, 0.25) is 0 Å². The first-order chi connectivity index (χ1) is 8.09. The van der Waals surface area contributed by atoms with E-state index in [1.807, 2.05) is 6.07 Å². The molecular formula is C13H18BrNO2. The Labute approximate surface area is 110 Å². The Morgan fingerprint density at radius 2 is 2.18 bits per heavy atom. The third-order valence-electron chi connectivity index (χ3n) is 3.65. The highest BCUT2D eigenvalue weighted by atomic mass is 79.9. The van der Waals surface area contributed by atoms with Gasteiger partial charge in [0.25, 0.3) is 0 Å². The van der Waals surface area contributed by atoms with E-state index < -0.39 is 0 Å². The van der Waals surface area contributed by atoms with Crippen LogP contribution in [0.2, 0.25) is 0 Å². The van der Waals surface area contributed by atoms with Crippen LogP contribution in [0.1, 0.15) is 30.9 Å². The maximum Gasteiger partial charge on any atom is 0.162 e. The van der Waals surface area contributed by atoms with E-state index in [2.05, 4.69) is 22.9 Å². The van der Waals surface area contributed by atoms with Crippen LogP contribution in [0.4, 0.5) is 0 Å². The lowest BCUT2D eigenvalue weighted by molar-refractivity contribution is 0.366. The van der Waals surface area contributed by atoms with Crippen LogP contribution in [0.25, 0.3) is 0 Å². The predicted octanol–water partition coefficient (Wildman–Crippen LogP) is 2.72. The highest BCUT2D eigenvalue weighted by Gasteiger charge is 2.47. The van der Waals surface area contributed by atoms with Gasteiger partial charge in [0.1, 0.15) is 0 Å². The molecule has 0 aromatic heterocycles. The monoisotopic (exact) mass is 299 g/mol. The predicted molar refractivity (Wildman–Crippen MR) is 71.7 cm³/mol. The molecule has 1 saturated carbocycles. The maximum absolute atomic E-state index is 10.3. The van der Waals surface area contributed by atoms with Crippen LogP contribution in [-0.4, -0.2) is 18.8 Å². The summed E-state index contributed by atoms with van der Waals surface area (Å²) >= 11 is 3.60. The van der Waals surface area contributed by atoms with Gasteiger partial charge in [-0.15, -0.1) is 0 Å². The van der Waals surface area contributed by atoms with Crippen molar-refractivity contribution in [3.63, 3.8) is 0 Å². The first kappa shape index (κ1) is 12.7. The maximum atomic E-state index is 10.3. The van der Waals surface area contributed by atoms with Gasteiger partial charge in [-0.25, -0.2) is 0 Å². The number of nitrogens with two attached hydrogens (primary N) is 1. The Kier molecular flexibility index (Phi) is 3.36. The molecule has 0 unspecified atom stereocenters. The Hall–Kier alpha value is -0.740. The number of rotatable bonds is 4.